The van der Waals surface area contributed by atoms with E-state index in [0.717, 1.165) is 12.5 Å². The van der Waals surface area contributed by atoms with Crippen LogP contribution in [0, 0.1) is 17.8 Å². The van der Waals surface area contributed by atoms with Crippen molar-refractivity contribution in [1.82, 2.24) is 4.90 Å². The van der Waals surface area contributed by atoms with Crippen molar-refractivity contribution in [3.05, 3.63) is 0 Å². The van der Waals surface area contributed by atoms with Crippen molar-refractivity contribution in [2.45, 2.75) is 45.4 Å². The van der Waals surface area contributed by atoms with Gasteiger partial charge in [0.2, 0.25) is 0 Å². The maximum Gasteiger partial charge on any atom is 0.303 e. The zero-order valence-corrected chi connectivity index (χ0v) is 10.9. The number of carbonyl (C=O) groups is 1. The Morgan fingerprint density at radius 3 is 2.82 bits per heavy atom. The second-order valence-corrected chi connectivity index (χ2v) is 6.01. The number of piperidine rings is 1. The molecule has 17 heavy (non-hydrogen) atoms. The van der Waals surface area contributed by atoms with Crippen molar-refractivity contribution in [2.75, 3.05) is 19.6 Å². The normalized spacial score (nSPS) is 27.9. The van der Waals surface area contributed by atoms with Crippen molar-refractivity contribution >= 4 is 5.97 Å². The van der Waals surface area contributed by atoms with Gasteiger partial charge in [0.1, 0.15) is 0 Å². The van der Waals surface area contributed by atoms with Crippen LogP contribution in [0.5, 0.6) is 0 Å². The molecule has 2 fully saturated rings. The molecule has 1 saturated carbocycles. The molecule has 0 aromatic carbocycles. The molecule has 1 heterocycles. The molecule has 1 saturated heterocycles. The predicted octanol–water partition coefficient (Wildman–Crippen LogP) is 2.61. The minimum absolute atomic E-state index is 0.330. The highest BCUT2D eigenvalue weighted by molar-refractivity contribution is 5.66. The van der Waals surface area contributed by atoms with Crippen molar-refractivity contribution in [3.63, 3.8) is 0 Å². The molecule has 2 rings (SSSR count). The number of hydrogen-bond donors (Lipinski definition) is 1. The van der Waals surface area contributed by atoms with Crippen molar-refractivity contribution < 1.29 is 9.90 Å². The summed E-state index contributed by atoms with van der Waals surface area (Å²) in [5, 5.41) is 8.85. The maximum atomic E-state index is 10.7. The number of aliphatic carboxylic acids is 1. The van der Waals surface area contributed by atoms with Crippen LogP contribution in [0.15, 0.2) is 0 Å². The summed E-state index contributed by atoms with van der Waals surface area (Å²) in [6.45, 7) is 5.69. The Hall–Kier alpha value is -0.570. The summed E-state index contributed by atoms with van der Waals surface area (Å²) < 4.78 is 0. The van der Waals surface area contributed by atoms with Gasteiger partial charge in [-0.25, -0.2) is 0 Å². The minimum atomic E-state index is -0.646. The van der Waals surface area contributed by atoms with Crippen LogP contribution in [0.3, 0.4) is 0 Å². The summed E-state index contributed by atoms with van der Waals surface area (Å²) in [5.74, 6) is 1.29. The van der Waals surface area contributed by atoms with Crippen LogP contribution in [0.4, 0.5) is 0 Å². The van der Waals surface area contributed by atoms with Crippen LogP contribution in [0.2, 0.25) is 0 Å². The van der Waals surface area contributed by atoms with Gasteiger partial charge in [-0.15, -0.1) is 0 Å². The number of likely N-dealkylation sites (tertiary alicyclic amines) is 1. The van der Waals surface area contributed by atoms with Gasteiger partial charge in [0.15, 0.2) is 0 Å². The lowest BCUT2D eigenvalue weighted by Crippen LogP contribution is -2.38. The first kappa shape index (κ1) is 12.9. The summed E-state index contributed by atoms with van der Waals surface area (Å²) in [6, 6.07) is 0. The molecule has 2 atom stereocenters. The molecule has 0 spiro atoms. The zero-order chi connectivity index (χ0) is 12.3. The van der Waals surface area contributed by atoms with Crippen LogP contribution in [-0.2, 0) is 4.79 Å². The maximum absolute atomic E-state index is 10.7. The van der Waals surface area contributed by atoms with Gasteiger partial charge in [-0.05, 0) is 50.1 Å². The second kappa shape index (κ2) is 5.85. The lowest BCUT2D eigenvalue weighted by molar-refractivity contribution is -0.138. The third-order valence-corrected chi connectivity index (χ3v) is 4.39. The van der Waals surface area contributed by atoms with E-state index in [2.05, 4.69) is 11.8 Å². The highest BCUT2D eigenvalue weighted by Gasteiger charge is 2.27. The number of hydrogen-bond acceptors (Lipinski definition) is 2. The molecule has 0 radical (unpaired) electrons. The smallest absolute Gasteiger partial charge is 0.303 e. The van der Waals surface area contributed by atoms with Crippen molar-refractivity contribution in [3.8, 4) is 0 Å². The molecule has 98 valence electrons. The Balaban J connectivity index is 1.72. The Kier molecular flexibility index (Phi) is 4.43. The van der Waals surface area contributed by atoms with Crippen LogP contribution in [0.1, 0.15) is 45.4 Å². The average molecular weight is 239 g/mol. The van der Waals surface area contributed by atoms with Gasteiger partial charge in [-0.3, -0.25) is 4.79 Å². The van der Waals surface area contributed by atoms with Gasteiger partial charge < -0.3 is 10.0 Å². The van der Waals surface area contributed by atoms with Crippen LogP contribution >= 0.6 is 0 Å². The lowest BCUT2D eigenvalue weighted by atomic mass is 9.84. The van der Waals surface area contributed by atoms with Gasteiger partial charge in [0, 0.05) is 13.0 Å². The Morgan fingerprint density at radius 2 is 2.18 bits per heavy atom. The first-order chi connectivity index (χ1) is 8.15. The fourth-order valence-electron chi connectivity index (χ4n) is 2.97. The Morgan fingerprint density at radius 1 is 1.41 bits per heavy atom. The molecule has 2 unspecified atom stereocenters. The molecule has 0 aromatic heterocycles. The van der Waals surface area contributed by atoms with Crippen LogP contribution in [0.25, 0.3) is 0 Å². The average Bonchev–Trinajstić information content (AvgIpc) is 3.10. The number of carboxylic acid groups (broad SMARTS) is 1. The van der Waals surface area contributed by atoms with E-state index in [4.69, 9.17) is 5.11 Å². The third kappa shape index (κ3) is 4.30. The molecule has 0 aromatic rings. The van der Waals surface area contributed by atoms with Crippen LogP contribution in [-0.4, -0.2) is 35.6 Å². The molecule has 2 aliphatic rings. The van der Waals surface area contributed by atoms with E-state index in [9.17, 15) is 4.79 Å². The van der Waals surface area contributed by atoms with E-state index in [-0.39, 0.29) is 0 Å². The molecule has 3 nitrogen and oxygen atoms in total. The van der Waals surface area contributed by atoms with Crippen molar-refractivity contribution in [1.29, 1.82) is 0 Å². The summed E-state index contributed by atoms with van der Waals surface area (Å²) in [5.41, 5.74) is 0. The highest BCUT2D eigenvalue weighted by atomic mass is 16.4. The first-order valence-electron chi connectivity index (χ1n) is 7.09. The molecule has 1 aliphatic carbocycles. The van der Waals surface area contributed by atoms with E-state index < -0.39 is 5.97 Å². The van der Waals surface area contributed by atoms with Crippen LogP contribution < -0.4 is 0 Å². The fraction of sp³-hybridized carbons (Fsp3) is 0.929. The quantitative estimate of drug-likeness (QED) is 0.774. The van der Waals surface area contributed by atoms with E-state index in [1.807, 2.05) is 0 Å². The number of rotatable bonds is 6. The summed E-state index contributed by atoms with van der Waals surface area (Å²) in [4.78, 5) is 13.3. The standard InChI is InChI=1S/C14H25NO2/c1-11(9-14(16)17)13-3-2-7-15(10-13)8-6-12-4-5-12/h11-13H,2-10H2,1H3,(H,16,17). The molecular formula is C14H25NO2. The topological polar surface area (TPSA) is 40.5 Å². The minimum Gasteiger partial charge on any atom is -0.481 e. The molecule has 3 heteroatoms. The van der Waals surface area contributed by atoms with Gasteiger partial charge in [-0.1, -0.05) is 19.8 Å². The third-order valence-electron chi connectivity index (χ3n) is 4.39. The molecular weight excluding hydrogens is 214 g/mol. The van der Waals surface area contributed by atoms with Gasteiger partial charge in [0.25, 0.3) is 0 Å². The monoisotopic (exact) mass is 239 g/mol. The van der Waals surface area contributed by atoms with Gasteiger partial charge in [-0.2, -0.15) is 0 Å². The lowest BCUT2D eigenvalue weighted by Gasteiger charge is -2.35. The second-order valence-electron chi connectivity index (χ2n) is 6.01. The van der Waals surface area contributed by atoms with Gasteiger partial charge >= 0.3 is 5.97 Å². The molecule has 1 N–H and O–H groups in total. The van der Waals surface area contributed by atoms with E-state index in [1.54, 1.807) is 0 Å². The largest absolute Gasteiger partial charge is 0.481 e. The molecule has 0 amide bonds. The Bertz CT molecular complexity index is 263. The van der Waals surface area contributed by atoms with E-state index in [0.29, 0.717) is 18.3 Å². The first-order valence-corrected chi connectivity index (χ1v) is 7.09. The zero-order valence-electron chi connectivity index (χ0n) is 10.9. The number of nitrogens with zero attached hydrogens (tertiary/aromatic N) is 1. The fourth-order valence-corrected chi connectivity index (χ4v) is 2.97. The summed E-state index contributed by atoms with van der Waals surface area (Å²) in [7, 11) is 0. The Labute approximate surface area is 104 Å². The summed E-state index contributed by atoms with van der Waals surface area (Å²) >= 11 is 0. The van der Waals surface area contributed by atoms with E-state index in [1.165, 1.54) is 45.2 Å². The molecule has 1 aliphatic heterocycles. The number of carboxylic acids is 1. The molecule has 0 bridgehead atoms. The van der Waals surface area contributed by atoms with Crippen molar-refractivity contribution in [2.24, 2.45) is 17.8 Å². The van der Waals surface area contributed by atoms with Gasteiger partial charge in [0.05, 0.1) is 0 Å². The predicted molar refractivity (Wildman–Crippen MR) is 67.9 cm³/mol. The summed E-state index contributed by atoms with van der Waals surface area (Å²) in [6.07, 6.45) is 7.04. The highest BCUT2D eigenvalue weighted by Crippen LogP contribution is 2.33. The van der Waals surface area contributed by atoms with E-state index >= 15 is 0 Å². The SMILES string of the molecule is CC(CC(=O)O)C1CCCN(CCC2CC2)C1.